The van der Waals surface area contributed by atoms with Gasteiger partial charge in [0.2, 0.25) is 0 Å². The number of hydrogen-bond donors (Lipinski definition) is 2. The van der Waals surface area contributed by atoms with Crippen LogP contribution in [0.2, 0.25) is 5.02 Å². The number of aliphatic imine (C=N–C) groups is 1. The summed E-state index contributed by atoms with van der Waals surface area (Å²) in [5, 5.41) is 7.27. The number of rotatable bonds is 5. The SMILES string of the molecule is CN=C(NCc1cccc(Cl)c1)NCc1cccc(OC)c1. The van der Waals surface area contributed by atoms with Crippen molar-refractivity contribution in [1.29, 1.82) is 0 Å². The second-order valence-electron chi connectivity index (χ2n) is 4.76. The van der Waals surface area contributed by atoms with E-state index in [1.165, 1.54) is 0 Å². The predicted molar refractivity (Wildman–Crippen MR) is 91.5 cm³/mol. The largest absolute Gasteiger partial charge is 0.497 e. The van der Waals surface area contributed by atoms with Gasteiger partial charge in [0, 0.05) is 25.2 Å². The molecule has 0 saturated carbocycles. The molecular formula is C17H20ClN3O. The van der Waals surface area contributed by atoms with Crippen LogP contribution >= 0.6 is 11.6 Å². The first-order valence-corrected chi connectivity index (χ1v) is 7.41. The number of benzene rings is 2. The average Bonchev–Trinajstić information content (AvgIpc) is 2.55. The van der Waals surface area contributed by atoms with E-state index in [0.717, 1.165) is 27.9 Å². The van der Waals surface area contributed by atoms with E-state index < -0.39 is 0 Å². The van der Waals surface area contributed by atoms with E-state index in [0.29, 0.717) is 13.1 Å². The average molecular weight is 318 g/mol. The van der Waals surface area contributed by atoms with Gasteiger partial charge in [0.1, 0.15) is 5.75 Å². The molecule has 0 heterocycles. The number of nitrogens with one attached hydrogen (secondary N) is 2. The van der Waals surface area contributed by atoms with Gasteiger partial charge in [0.15, 0.2) is 5.96 Å². The second-order valence-corrected chi connectivity index (χ2v) is 5.20. The van der Waals surface area contributed by atoms with Crippen LogP contribution in [0, 0.1) is 0 Å². The molecule has 0 saturated heterocycles. The summed E-state index contributed by atoms with van der Waals surface area (Å²) in [5.41, 5.74) is 2.24. The lowest BCUT2D eigenvalue weighted by Crippen LogP contribution is -2.36. The van der Waals surface area contributed by atoms with Crippen molar-refractivity contribution in [2.24, 2.45) is 4.99 Å². The Morgan fingerprint density at radius 3 is 2.27 bits per heavy atom. The van der Waals surface area contributed by atoms with Crippen molar-refractivity contribution in [2.45, 2.75) is 13.1 Å². The molecule has 0 aliphatic rings. The van der Waals surface area contributed by atoms with Gasteiger partial charge in [-0.25, -0.2) is 0 Å². The van der Waals surface area contributed by atoms with Gasteiger partial charge in [-0.1, -0.05) is 35.9 Å². The highest BCUT2D eigenvalue weighted by molar-refractivity contribution is 6.30. The molecule has 0 radical (unpaired) electrons. The lowest BCUT2D eigenvalue weighted by atomic mass is 10.2. The van der Waals surface area contributed by atoms with E-state index in [1.807, 2.05) is 48.5 Å². The zero-order chi connectivity index (χ0) is 15.8. The van der Waals surface area contributed by atoms with E-state index in [-0.39, 0.29) is 0 Å². The van der Waals surface area contributed by atoms with Gasteiger partial charge in [-0.2, -0.15) is 0 Å². The summed E-state index contributed by atoms with van der Waals surface area (Å²) in [7, 11) is 3.41. The molecular weight excluding hydrogens is 298 g/mol. The fraction of sp³-hybridized carbons (Fsp3) is 0.235. The zero-order valence-corrected chi connectivity index (χ0v) is 13.5. The maximum absolute atomic E-state index is 5.98. The third-order valence-electron chi connectivity index (χ3n) is 3.17. The smallest absolute Gasteiger partial charge is 0.191 e. The first-order valence-electron chi connectivity index (χ1n) is 7.03. The summed E-state index contributed by atoms with van der Waals surface area (Å²) in [5.74, 6) is 1.59. The number of nitrogens with zero attached hydrogens (tertiary/aromatic N) is 1. The molecule has 2 N–H and O–H groups in total. The van der Waals surface area contributed by atoms with E-state index in [1.54, 1.807) is 14.2 Å². The molecule has 2 aromatic carbocycles. The van der Waals surface area contributed by atoms with Crippen molar-refractivity contribution in [1.82, 2.24) is 10.6 Å². The Morgan fingerprint density at radius 1 is 1.05 bits per heavy atom. The minimum Gasteiger partial charge on any atom is -0.497 e. The van der Waals surface area contributed by atoms with Crippen LogP contribution in [0.5, 0.6) is 5.75 Å². The number of guanidine groups is 1. The quantitative estimate of drug-likeness (QED) is 0.657. The highest BCUT2D eigenvalue weighted by Crippen LogP contribution is 2.12. The molecule has 2 aromatic rings. The van der Waals surface area contributed by atoms with Crippen molar-refractivity contribution in [2.75, 3.05) is 14.2 Å². The van der Waals surface area contributed by atoms with Crippen LogP contribution < -0.4 is 15.4 Å². The summed E-state index contributed by atoms with van der Waals surface area (Å²) >= 11 is 5.98. The van der Waals surface area contributed by atoms with Gasteiger partial charge in [-0.15, -0.1) is 0 Å². The molecule has 5 heteroatoms. The third kappa shape index (κ3) is 4.97. The van der Waals surface area contributed by atoms with Gasteiger partial charge in [-0.05, 0) is 35.4 Å². The van der Waals surface area contributed by atoms with Crippen molar-refractivity contribution in [3.63, 3.8) is 0 Å². The van der Waals surface area contributed by atoms with Gasteiger partial charge in [0.05, 0.1) is 7.11 Å². The van der Waals surface area contributed by atoms with Crippen LogP contribution in [-0.2, 0) is 13.1 Å². The van der Waals surface area contributed by atoms with Gasteiger partial charge in [0.25, 0.3) is 0 Å². The summed E-state index contributed by atoms with van der Waals surface area (Å²) in [6, 6.07) is 15.7. The summed E-state index contributed by atoms with van der Waals surface area (Å²) in [6.45, 7) is 1.34. The van der Waals surface area contributed by atoms with Gasteiger partial charge >= 0.3 is 0 Å². The second kappa shape index (κ2) is 8.29. The molecule has 0 atom stereocenters. The van der Waals surface area contributed by atoms with Crippen molar-refractivity contribution in [3.05, 3.63) is 64.7 Å². The fourth-order valence-electron chi connectivity index (χ4n) is 2.02. The molecule has 0 aromatic heterocycles. The first-order chi connectivity index (χ1) is 10.7. The van der Waals surface area contributed by atoms with Crippen LogP contribution in [-0.4, -0.2) is 20.1 Å². The summed E-state index contributed by atoms with van der Waals surface area (Å²) in [4.78, 5) is 4.21. The first kappa shape index (κ1) is 16.2. The Bertz CT molecular complexity index is 643. The van der Waals surface area contributed by atoms with Crippen LogP contribution in [0.15, 0.2) is 53.5 Å². The molecule has 4 nitrogen and oxygen atoms in total. The third-order valence-corrected chi connectivity index (χ3v) is 3.40. The minimum atomic E-state index is 0.665. The molecule has 0 aliphatic carbocycles. The van der Waals surface area contributed by atoms with E-state index >= 15 is 0 Å². The Morgan fingerprint density at radius 2 is 1.68 bits per heavy atom. The normalized spacial score (nSPS) is 11.1. The Labute approximate surface area is 136 Å². The van der Waals surface area contributed by atoms with Crippen LogP contribution in [0.25, 0.3) is 0 Å². The predicted octanol–water partition coefficient (Wildman–Crippen LogP) is 3.21. The Kier molecular flexibility index (Phi) is 6.10. The van der Waals surface area contributed by atoms with Gasteiger partial charge in [-0.3, -0.25) is 4.99 Å². The summed E-state index contributed by atoms with van der Waals surface area (Å²) < 4.78 is 5.22. The standard InChI is InChI=1S/C17H20ClN3O/c1-19-17(20-11-13-5-3-7-15(18)9-13)21-12-14-6-4-8-16(10-14)22-2/h3-10H,11-12H2,1-2H3,(H2,19,20,21). The number of ether oxygens (including phenoxy) is 1. The molecule has 22 heavy (non-hydrogen) atoms. The van der Waals surface area contributed by atoms with Crippen molar-refractivity contribution in [3.8, 4) is 5.75 Å². The Hall–Kier alpha value is -2.20. The number of hydrogen-bond acceptors (Lipinski definition) is 2. The molecule has 0 aliphatic heterocycles. The van der Waals surface area contributed by atoms with Crippen LogP contribution in [0.3, 0.4) is 0 Å². The lowest BCUT2D eigenvalue weighted by Gasteiger charge is -2.12. The van der Waals surface area contributed by atoms with E-state index in [4.69, 9.17) is 16.3 Å². The number of methoxy groups -OCH3 is 1. The van der Waals surface area contributed by atoms with Crippen molar-refractivity contribution < 1.29 is 4.74 Å². The van der Waals surface area contributed by atoms with Crippen molar-refractivity contribution >= 4 is 17.6 Å². The highest BCUT2D eigenvalue weighted by Gasteiger charge is 2.00. The van der Waals surface area contributed by atoms with E-state index in [2.05, 4.69) is 15.6 Å². The van der Waals surface area contributed by atoms with Gasteiger partial charge < -0.3 is 15.4 Å². The monoisotopic (exact) mass is 317 g/mol. The topological polar surface area (TPSA) is 45.7 Å². The molecule has 0 unspecified atom stereocenters. The van der Waals surface area contributed by atoms with Crippen LogP contribution in [0.4, 0.5) is 0 Å². The Balaban J connectivity index is 1.87. The summed E-state index contributed by atoms with van der Waals surface area (Å²) in [6.07, 6.45) is 0. The molecule has 0 fully saturated rings. The zero-order valence-electron chi connectivity index (χ0n) is 12.8. The lowest BCUT2D eigenvalue weighted by molar-refractivity contribution is 0.414. The molecule has 116 valence electrons. The minimum absolute atomic E-state index is 0.665. The molecule has 0 amide bonds. The fourth-order valence-corrected chi connectivity index (χ4v) is 2.23. The highest BCUT2D eigenvalue weighted by atomic mass is 35.5. The maximum atomic E-state index is 5.98. The number of halogens is 1. The van der Waals surface area contributed by atoms with Crippen LogP contribution in [0.1, 0.15) is 11.1 Å². The molecule has 2 rings (SSSR count). The van der Waals surface area contributed by atoms with E-state index in [9.17, 15) is 0 Å². The maximum Gasteiger partial charge on any atom is 0.191 e. The molecule has 0 spiro atoms. The molecule has 0 bridgehead atoms.